The van der Waals surface area contributed by atoms with E-state index in [4.69, 9.17) is 0 Å². The Labute approximate surface area is 132 Å². The summed E-state index contributed by atoms with van der Waals surface area (Å²) in [7, 11) is 0. The van der Waals surface area contributed by atoms with E-state index in [1.54, 1.807) is 4.90 Å². The summed E-state index contributed by atoms with van der Waals surface area (Å²) in [5.74, 6) is 0.432. The first-order valence-electron chi connectivity index (χ1n) is 8.31. The number of rotatable bonds is 3. The van der Waals surface area contributed by atoms with Gasteiger partial charge in [-0.15, -0.1) is 0 Å². The molecule has 0 aromatic heterocycles. The Kier molecular flexibility index (Phi) is 4.04. The van der Waals surface area contributed by atoms with Crippen molar-refractivity contribution in [2.75, 3.05) is 24.7 Å². The number of anilines is 1. The Morgan fingerprint density at radius 2 is 1.91 bits per heavy atom. The van der Waals surface area contributed by atoms with Crippen molar-refractivity contribution in [1.29, 1.82) is 0 Å². The molecule has 1 fully saturated rings. The monoisotopic (exact) mass is 301 g/mol. The van der Waals surface area contributed by atoms with Crippen LogP contribution in [0.3, 0.4) is 0 Å². The number of amides is 1. The SMILES string of the molecule is CC1CC[NH+](CN2C(=O)C(=O)c3cc(C(C)C)ccc32)CC1. The van der Waals surface area contributed by atoms with Crippen molar-refractivity contribution < 1.29 is 14.5 Å². The van der Waals surface area contributed by atoms with Crippen LogP contribution in [-0.2, 0) is 4.79 Å². The molecular formula is C18H25N2O2+. The molecule has 2 heterocycles. The number of carbonyl (C=O) groups is 2. The minimum absolute atomic E-state index is 0.345. The number of carbonyl (C=O) groups excluding carboxylic acids is 2. The third-order valence-corrected chi connectivity index (χ3v) is 5.03. The zero-order valence-corrected chi connectivity index (χ0v) is 13.7. The molecule has 4 nitrogen and oxygen atoms in total. The highest BCUT2D eigenvalue weighted by Gasteiger charge is 2.38. The Morgan fingerprint density at radius 3 is 2.55 bits per heavy atom. The van der Waals surface area contributed by atoms with Crippen molar-refractivity contribution in [1.82, 2.24) is 0 Å². The second kappa shape index (κ2) is 5.84. The molecule has 1 amide bonds. The average Bonchev–Trinajstić information content (AvgIpc) is 2.74. The summed E-state index contributed by atoms with van der Waals surface area (Å²) in [6.07, 6.45) is 2.40. The van der Waals surface area contributed by atoms with Crippen LogP contribution in [0.2, 0.25) is 0 Å². The minimum Gasteiger partial charge on any atom is -0.317 e. The maximum absolute atomic E-state index is 12.3. The lowest BCUT2D eigenvalue weighted by atomic mass is 9.99. The molecule has 3 rings (SSSR count). The normalized spacial score (nSPS) is 25.0. The number of piperidine rings is 1. The summed E-state index contributed by atoms with van der Waals surface area (Å²) in [4.78, 5) is 27.7. The molecule has 1 saturated heterocycles. The number of Topliss-reactive ketones (excluding diaryl/α,β-unsaturated/α-hetero) is 1. The molecule has 118 valence electrons. The lowest BCUT2D eigenvalue weighted by Gasteiger charge is -2.30. The highest BCUT2D eigenvalue weighted by Crippen LogP contribution is 2.31. The summed E-state index contributed by atoms with van der Waals surface area (Å²) in [5.41, 5.74) is 2.49. The number of nitrogens with one attached hydrogen (secondary N) is 1. The predicted molar refractivity (Wildman–Crippen MR) is 86.3 cm³/mol. The number of nitrogens with zero attached hydrogens (tertiary/aromatic N) is 1. The molecule has 2 aliphatic heterocycles. The number of hydrogen-bond acceptors (Lipinski definition) is 2. The van der Waals surface area contributed by atoms with Crippen LogP contribution >= 0.6 is 0 Å². The zero-order valence-electron chi connectivity index (χ0n) is 13.7. The molecule has 2 aliphatic rings. The topological polar surface area (TPSA) is 41.8 Å². The van der Waals surface area contributed by atoms with E-state index < -0.39 is 0 Å². The summed E-state index contributed by atoms with van der Waals surface area (Å²) in [6.45, 7) is 9.26. The number of benzene rings is 1. The van der Waals surface area contributed by atoms with Gasteiger partial charge in [0.2, 0.25) is 0 Å². The number of fused-ring (bicyclic) bond motifs is 1. The van der Waals surface area contributed by atoms with E-state index in [2.05, 4.69) is 20.8 Å². The lowest BCUT2D eigenvalue weighted by molar-refractivity contribution is -0.904. The number of quaternary nitrogens is 1. The van der Waals surface area contributed by atoms with Gasteiger partial charge in [-0.2, -0.15) is 0 Å². The summed E-state index contributed by atoms with van der Waals surface area (Å²) in [6, 6.07) is 5.88. The lowest BCUT2D eigenvalue weighted by Crippen LogP contribution is -3.14. The van der Waals surface area contributed by atoms with Gasteiger partial charge in [-0.3, -0.25) is 14.5 Å². The third kappa shape index (κ3) is 2.68. The molecule has 0 bridgehead atoms. The van der Waals surface area contributed by atoms with Crippen molar-refractivity contribution in [3.63, 3.8) is 0 Å². The van der Waals surface area contributed by atoms with Crippen LogP contribution in [0.4, 0.5) is 5.69 Å². The standard InChI is InChI=1S/C18H24N2O2/c1-12(2)14-4-5-16-15(10-14)17(21)18(22)20(16)11-19-8-6-13(3)7-9-19/h4-5,10,12-13H,6-9,11H2,1-3H3/p+1. The van der Waals surface area contributed by atoms with E-state index in [0.717, 1.165) is 30.3 Å². The predicted octanol–water partition coefficient (Wildman–Crippen LogP) is 1.61. The van der Waals surface area contributed by atoms with E-state index in [1.165, 1.54) is 17.7 Å². The first-order valence-corrected chi connectivity index (χ1v) is 8.31. The molecule has 0 aliphatic carbocycles. The molecule has 22 heavy (non-hydrogen) atoms. The van der Waals surface area contributed by atoms with Crippen LogP contribution in [0.25, 0.3) is 0 Å². The Hall–Kier alpha value is -1.68. The third-order valence-electron chi connectivity index (χ3n) is 5.03. The first kappa shape index (κ1) is 15.2. The molecular weight excluding hydrogens is 276 g/mol. The highest BCUT2D eigenvalue weighted by molar-refractivity contribution is 6.52. The van der Waals surface area contributed by atoms with Crippen molar-refractivity contribution >= 4 is 17.4 Å². The highest BCUT2D eigenvalue weighted by atomic mass is 16.2. The van der Waals surface area contributed by atoms with E-state index in [9.17, 15) is 9.59 Å². The number of hydrogen-bond donors (Lipinski definition) is 1. The van der Waals surface area contributed by atoms with Gasteiger partial charge in [0.15, 0.2) is 6.67 Å². The fourth-order valence-corrected chi connectivity index (χ4v) is 3.39. The minimum atomic E-state index is -0.359. The van der Waals surface area contributed by atoms with Crippen molar-refractivity contribution in [3.8, 4) is 0 Å². The Morgan fingerprint density at radius 1 is 1.23 bits per heavy atom. The van der Waals surface area contributed by atoms with Gasteiger partial charge in [0.05, 0.1) is 24.3 Å². The van der Waals surface area contributed by atoms with E-state index in [0.29, 0.717) is 18.2 Å². The summed E-state index contributed by atoms with van der Waals surface area (Å²) in [5, 5.41) is 0. The van der Waals surface area contributed by atoms with Gasteiger partial charge in [-0.25, -0.2) is 0 Å². The number of likely N-dealkylation sites (tertiary alicyclic amines) is 1. The van der Waals surface area contributed by atoms with Gasteiger partial charge in [0, 0.05) is 0 Å². The average molecular weight is 301 g/mol. The van der Waals surface area contributed by atoms with Crippen LogP contribution < -0.4 is 9.80 Å². The van der Waals surface area contributed by atoms with Crippen LogP contribution in [0.5, 0.6) is 0 Å². The Bertz CT molecular complexity index is 601. The van der Waals surface area contributed by atoms with Crippen LogP contribution in [0.15, 0.2) is 18.2 Å². The van der Waals surface area contributed by atoms with Gasteiger partial charge < -0.3 is 4.90 Å². The zero-order chi connectivity index (χ0) is 15.9. The molecule has 0 radical (unpaired) electrons. The fraction of sp³-hybridized carbons (Fsp3) is 0.556. The molecule has 1 N–H and O–H groups in total. The quantitative estimate of drug-likeness (QED) is 0.862. The maximum Gasteiger partial charge on any atom is 0.303 e. The van der Waals surface area contributed by atoms with E-state index in [-0.39, 0.29) is 11.7 Å². The molecule has 0 unspecified atom stereocenters. The number of ketones is 1. The van der Waals surface area contributed by atoms with E-state index >= 15 is 0 Å². The van der Waals surface area contributed by atoms with Gasteiger partial charge >= 0.3 is 5.91 Å². The van der Waals surface area contributed by atoms with Gasteiger partial charge in [0.1, 0.15) is 0 Å². The van der Waals surface area contributed by atoms with Crippen molar-refractivity contribution in [3.05, 3.63) is 29.3 Å². The smallest absolute Gasteiger partial charge is 0.303 e. The first-order chi connectivity index (χ1) is 10.5. The summed E-state index contributed by atoms with van der Waals surface area (Å²) >= 11 is 0. The largest absolute Gasteiger partial charge is 0.317 e. The van der Waals surface area contributed by atoms with Gasteiger partial charge in [0.25, 0.3) is 5.78 Å². The fourth-order valence-electron chi connectivity index (χ4n) is 3.39. The Balaban J connectivity index is 1.82. The van der Waals surface area contributed by atoms with Crippen molar-refractivity contribution in [2.24, 2.45) is 5.92 Å². The molecule has 0 atom stereocenters. The molecule has 4 heteroatoms. The van der Waals surface area contributed by atoms with Crippen LogP contribution in [-0.4, -0.2) is 31.4 Å². The molecule has 1 aromatic carbocycles. The maximum atomic E-state index is 12.3. The van der Waals surface area contributed by atoms with Crippen LogP contribution in [0, 0.1) is 5.92 Å². The molecule has 0 spiro atoms. The van der Waals surface area contributed by atoms with E-state index in [1.807, 2.05) is 18.2 Å². The van der Waals surface area contributed by atoms with Crippen molar-refractivity contribution in [2.45, 2.75) is 39.5 Å². The second-order valence-electron chi connectivity index (χ2n) is 7.08. The van der Waals surface area contributed by atoms with Gasteiger partial charge in [-0.1, -0.05) is 26.8 Å². The van der Waals surface area contributed by atoms with Crippen LogP contribution in [0.1, 0.15) is 55.5 Å². The van der Waals surface area contributed by atoms with Gasteiger partial charge in [-0.05, 0) is 42.4 Å². The molecule has 1 aromatic rings. The molecule has 0 saturated carbocycles. The second-order valence-corrected chi connectivity index (χ2v) is 7.08. The summed E-state index contributed by atoms with van der Waals surface area (Å²) < 4.78 is 0.